The Bertz CT molecular complexity index is 529. The Labute approximate surface area is 134 Å². The molecular weight excluding hydrogens is 302 g/mol. The number of carbonyl (C=O) groups excluding carboxylic acids is 2. The molecule has 1 aliphatic heterocycles. The predicted molar refractivity (Wildman–Crippen MR) is 80.5 cm³/mol. The van der Waals surface area contributed by atoms with Crippen LogP contribution in [0.4, 0.5) is 4.79 Å². The number of benzene rings is 1. The van der Waals surface area contributed by atoms with Gasteiger partial charge in [0.25, 0.3) is 0 Å². The van der Waals surface area contributed by atoms with E-state index < -0.39 is 24.7 Å². The highest BCUT2D eigenvalue weighted by Gasteiger charge is 2.35. The Hall–Kier alpha value is -2.12. The fourth-order valence-electron chi connectivity index (χ4n) is 1.97. The number of aliphatic hydroxyl groups excluding tert-OH is 1. The number of hydrogen-bond donors (Lipinski definition) is 2. The van der Waals surface area contributed by atoms with Gasteiger partial charge >= 0.3 is 12.1 Å². The van der Waals surface area contributed by atoms with E-state index in [0.717, 1.165) is 5.56 Å². The molecule has 0 saturated carbocycles. The molecule has 1 amide bonds. The molecule has 2 N–H and O–H groups in total. The van der Waals surface area contributed by atoms with Gasteiger partial charge in [0.15, 0.2) is 6.04 Å². The van der Waals surface area contributed by atoms with Gasteiger partial charge in [-0.15, -0.1) is 0 Å². The van der Waals surface area contributed by atoms with E-state index in [-0.39, 0.29) is 18.6 Å². The van der Waals surface area contributed by atoms with Crippen LogP contribution < -0.4 is 5.32 Å². The number of amides is 1. The van der Waals surface area contributed by atoms with Gasteiger partial charge in [-0.2, -0.15) is 0 Å². The van der Waals surface area contributed by atoms with Gasteiger partial charge in [0, 0.05) is 5.41 Å². The van der Waals surface area contributed by atoms with Crippen molar-refractivity contribution >= 4 is 12.1 Å². The maximum Gasteiger partial charge on any atom is 0.408 e. The summed E-state index contributed by atoms with van der Waals surface area (Å²) in [6, 6.07) is 7.99. The van der Waals surface area contributed by atoms with Crippen LogP contribution in [0.2, 0.25) is 0 Å². The lowest BCUT2D eigenvalue weighted by Crippen LogP contribution is -2.48. The van der Waals surface area contributed by atoms with Crippen LogP contribution in [-0.2, 0) is 25.6 Å². The standard InChI is InChI=1S/C16H21NO6/c1-16(9-21-10-16)11-23-14(19)13(7-18)17-15(20)22-8-12-5-3-2-4-6-12/h2-6,13,18H,7-11H2,1H3,(H,17,20)/t13-/m0/s1. The highest BCUT2D eigenvalue weighted by atomic mass is 16.6. The van der Waals surface area contributed by atoms with E-state index in [1.165, 1.54) is 0 Å². The monoisotopic (exact) mass is 323 g/mol. The quantitative estimate of drug-likeness (QED) is 0.723. The lowest BCUT2D eigenvalue weighted by Gasteiger charge is -2.37. The second kappa shape index (κ2) is 7.94. The number of rotatable bonds is 7. The van der Waals surface area contributed by atoms with Crippen LogP contribution >= 0.6 is 0 Å². The minimum Gasteiger partial charge on any atom is -0.463 e. The number of nitrogens with one attached hydrogen (secondary N) is 1. The van der Waals surface area contributed by atoms with Crippen LogP contribution in [0, 0.1) is 5.41 Å². The molecule has 0 radical (unpaired) electrons. The molecule has 7 heteroatoms. The van der Waals surface area contributed by atoms with Crippen LogP contribution in [0.1, 0.15) is 12.5 Å². The number of esters is 1. The van der Waals surface area contributed by atoms with Crippen molar-refractivity contribution < 1.29 is 28.9 Å². The molecule has 0 spiro atoms. The summed E-state index contributed by atoms with van der Waals surface area (Å²) in [4.78, 5) is 23.6. The van der Waals surface area contributed by atoms with Crippen LogP contribution in [0.15, 0.2) is 30.3 Å². The summed E-state index contributed by atoms with van der Waals surface area (Å²) in [5.41, 5.74) is 0.632. The van der Waals surface area contributed by atoms with Crippen molar-refractivity contribution in [2.24, 2.45) is 5.41 Å². The van der Waals surface area contributed by atoms with E-state index in [1.807, 2.05) is 37.3 Å². The average molecular weight is 323 g/mol. The molecule has 126 valence electrons. The van der Waals surface area contributed by atoms with Gasteiger partial charge in [0.05, 0.1) is 19.8 Å². The van der Waals surface area contributed by atoms with Crippen molar-refractivity contribution in [2.45, 2.75) is 19.6 Å². The van der Waals surface area contributed by atoms with Crippen molar-refractivity contribution in [1.82, 2.24) is 5.32 Å². The van der Waals surface area contributed by atoms with Crippen molar-refractivity contribution in [3.63, 3.8) is 0 Å². The molecule has 1 fully saturated rings. The zero-order valence-corrected chi connectivity index (χ0v) is 13.0. The van der Waals surface area contributed by atoms with E-state index in [0.29, 0.717) is 13.2 Å². The van der Waals surface area contributed by atoms with Crippen molar-refractivity contribution in [2.75, 3.05) is 26.4 Å². The smallest absolute Gasteiger partial charge is 0.408 e. The zero-order chi connectivity index (χ0) is 16.7. The highest BCUT2D eigenvalue weighted by molar-refractivity contribution is 5.81. The molecule has 1 heterocycles. The molecule has 0 bridgehead atoms. The van der Waals surface area contributed by atoms with E-state index in [2.05, 4.69) is 5.32 Å². The summed E-state index contributed by atoms with van der Waals surface area (Å²) >= 11 is 0. The van der Waals surface area contributed by atoms with Gasteiger partial charge in [-0.3, -0.25) is 0 Å². The second-order valence-corrected chi connectivity index (χ2v) is 5.85. The van der Waals surface area contributed by atoms with Crippen molar-refractivity contribution in [3.8, 4) is 0 Å². The second-order valence-electron chi connectivity index (χ2n) is 5.85. The van der Waals surface area contributed by atoms with E-state index in [1.54, 1.807) is 0 Å². The summed E-state index contributed by atoms with van der Waals surface area (Å²) in [6.45, 7) is 2.68. The lowest BCUT2D eigenvalue weighted by molar-refractivity contribution is -0.167. The molecule has 1 atom stereocenters. The van der Waals surface area contributed by atoms with Gasteiger partial charge in [0.2, 0.25) is 0 Å². The fourth-order valence-corrected chi connectivity index (χ4v) is 1.97. The third kappa shape index (κ3) is 5.22. The van der Waals surface area contributed by atoms with Gasteiger partial charge < -0.3 is 24.6 Å². The normalized spacial score (nSPS) is 16.8. The SMILES string of the molecule is CC1(COC(=O)[C@H](CO)NC(=O)OCc2ccccc2)COC1. The van der Waals surface area contributed by atoms with Gasteiger partial charge in [-0.25, -0.2) is 9.59 Å². The molecule has 23 heavy (non-hydrogen) atoms. The van der Waals surface area contributed by atoms with Crippen molar-refractivity contribution in [3.05, 3.63) is 35.9 Å². The number of carbonyl (C=O) groups is 2. The minimum atomic E-state index is -1.15. The first-order valence-electron chi connectivity index (χ1n) is 7.35. The molecular formula is C16H21NO6. The lowest BCUT2D eigenvalue weighted by atomic mass is 9.90. The Morgan fingerprint density at radius 2 is 2.00 bits per heavy atom. The summed E-state index contributed by atoms with van der Waals surface area (Å²) in [5, 5.41) is 11.5. The molecule has 1 aliphatic rings. The highest BCUT2D eigenvalue weighted by Crippen LogP contribution is 2.26. The predicted octanol–water partition coefficient (Wildman–Crippen LogP) is 0.853. The number of aliphatic hydroxyl groups is 1. The van der Waals surface area contributed by atoms with Crippen molar-refractivity contribution in [1.29, 1.82) is 0 Å². The largest absolute Gasteiger partial charge is 0.463 e. The molecule has 1 aromatic carbocycles. The first-order valence-corrected chi connectivity index (χ1v) is 7.35. The average Bonchev–Trinajstić information content (AvgIpc) is 2.54. The molecule has 1 aromatic rings. The fraction of sp³-hybridized carbons (Fsp3) is 0.500. The Kier molecular flexibility index (Phi) is 5.95. The van der Waals surface area contributed by atoms with Gasteiger partial charge in [-0.1, -0.05) is 37.3 Å². The molecule has 7 nitrogen and oxygen atoms in total. The van der Waals surface area contributed by atoms with E-state index in [9.17, 15) is 14.7 Å². The Morgan fingerprint density at radius 3 is 2.57 bits per heavy atom. The third-order valence-electron chi connectivity index (χ3n) is 3.44. The van der Waals surface area contributed by atoms with Crippen LogP contribution in [-0.4, -0.2) is 49.6 Å². The van der Waals surface area contributed by atoms with Gasteiger partial charge in [0.1, 0.15) is 13.2 Å². The molecule has 0 unspecified atom stereocenters. The first kappa shape index (κ1) is 17.2. The molecule has 1 saturated heterocycles. The molecule has 2 rings (SSSR count). The maximum atomic E-state index is 11.9. The number of hydrogen-bond acceptors (Lipinski definition) is 6. The summed E-state index contributed by atoms with van der Waals surface area (Å²) in [6.07, 6.45) is -0.789. The minimum absolute atomic E-state index is 0.0787. The molecule has 0 aliphatic carbocycles. The Balaban J connectivity index is 1.74. The van der Waals surface area contributed by atoms with E-state index in [4.69, 9.17) is 14.2 Å². The zero-order valence-electron chi connectivity index (χ0n) is 13.0. The summed E-state index contributed by atoms with van der Waals surface area (Å²) in [7, 11) is 0. The van der Waals surface area contributed by atoms with Crippen LogP contribution in [0.3, 0.4) is 0 Å². The third-order valence-corrected chi connectivity index (χ3v) is 3.44. The van der Waals surface area contributed by atoms with E-state index >= 15 is 0 Å². The maximum absolute atomic E-state index is 11.9. The number of alkyl carbamates (subject to hydrolysis) is 1. The topological polar surface area (TPSA) is 94.1 Å². The Morgan fingerprint density at radius 1 is 1.30 bits per heavy atom. The summed E-state index contributed by atoms with van der Waals surface area (Å²) < 4.78 is 15.2. The summed E-state index contributed by atoms with van der Waals surface area (Å²) in [5.74, 6) is -0.697. The van der Waals surface area contributed by atoms with Gasteiger partial charge in [-0.05, 0) is 5.56 Å². The molecule has 0 aromatic heterocycles. The van der Waals surface area contributed by atoms with Crippen LogP contribution in [0.25, 0.3) is 0 Å². The number of ether oxygens (including phenoxy) is 3. The first-order chi connectivity index (χ1) is 11.0. The van der Waals surface area contributed by atoms with Crippen LogP contribution in [0.5, 0.6) is 0 Å².